The highest BCUT2D eigenvalue weighted by atomic mass is 16.3. The molecule has 210 valence electrons. The van der Waals surface area contributed by atoms with E-state index in [9.17, 15) is 15.0 Å². The first-order valence-corrected chi connectivity index (χ1v) is 13.9. The number of aryl methyl sites for hydroxylation is 2. The highest BCUT2D eigenvalue weighted by molar-refractivity contribution is 5.82. The van der Waals surface area contributed by atoms with Gasteiger partial charge >= 0.3 is 0 Å². The second-order valence-corrected chi connectivity index (χ2v) is 12.4. The molecule has 1 saturated carbocycles. The maximum absolute atomic E-state index is 14.1. The Morgan fingerprint density at radius 1 is 1.23 bits per heavy atom. The maximum Gasteiger partial charge on any atom is 0.248 e. The average Bonchev–Trinajstić information content (AvgIpc) is 3.21. The van der Waals surface area contributed by atoms with Crippen LogP contribution >= 0.6 is 0 Å². The van der Waals surface area contributed by atoms with Gasteiger partial charge in [-0.1, -0.05) is 49.7 Å². The number of nitrogens with one attached hydrogen (secondary N) is 1. The van der Waals surface area contributed by atoms with Crippen molar-refractivity contribution in [2.75, 3.05) is 6.54 Å². The zero-order chi connectivity index (χ0) is 27.9. The van der Waals surface area contributed by atoms with Gasteiger partial charge in [-0.25, -0.2) is 9.67 Å². The second kappa shape index (κ2) is 10.8. The Labute approximate surface area is 230 Å². The van der Waals surface area contributed by atoms with E-state index in [0.29, 0.717) is 12.5 Å². The lowest BCUT2D eigenvalue weighted by Gasteiger charge is -2.37. The van der Waals surface area contributed by atoms with Crippen LogP contribution in [0, 0.1) is 19.3 Å². The Hall–Kier alpha value is -3.08. The number of benzene rings is 1. The summed E-state index contributed by atoms with van der Waals surface area (Å²) in [5, 5.41) is 34.3. The zero-order valence-electron chi connectivity index (χ0n) is 23.5. The van der Waals surface area contributed by atoms with Gasteiger partial charge in [-0.2, -0.15) is 0 Å². The van der Waals surface area contributed by atoms with Crippen LogP contribution in [0.15, 0.2) is 43.1 Å². The molecule has 10 heteroatoms. The molecule has 1 aliphatic heterocycles. The fraction of sp³-hybridized carbons (Fsp3) is 0.586. The fourth-order valence-corrected chi connectivity index (χ4v) is 5.80. The highest BCUT2D eigenvalue weighted by Crippen LogP contribution is 2.40. The summed E-state index contributed by atoms with van der Waals surface area (Å²) in [7, 11) is 0. The number of carbonyl (C=O) groups excluding carboxylic acids is 1. The minimum absolute atomic E-state index is 0.161. The van der Waals surface area contributed by atoms with Crippen molar-refractivity contribution in [3.05, 3.63) is 65.5 Å². The van der Waals surface area contributed by atoms with Crippen LogP contribution in [0.2, 0.25) is 0 Å². The molecule has 3 heterocycles. The summed E-state index contributed by atoms with van der Waals surface area (Å²) in [5.74, 6) is 0.259. The molecule has 5 unspecified atom stereocenters. The Kier molecular flexibility index (Phi) is 7.63. The molecule has 10 nitrogen and oxygen atoms in total. The quantitative estimate of drug-likeness (QED) is 0.360. The lowest BCUT2D eigenvalue weighted by molar-refractivity contribution is -0.142. The number of likely N-dealkylation sites (tertiary alicyclic amines) is 1. The van der Waals surface area contributed by atoms with E-state index in [4.69, 9.17) is 0 Å². The third-order valence-electron chi connectivity index (χ3n) is 7.94. The van der Waals surface area contributed by atoms with Gasteiger partial charge in [0.2, 0.25) is 5.91 Å². The van der Waals surface area contributed by atoms with Crippen molar-refractivity contribution in [3.63, 3.8) is 0 Å². The first-order chi connectivity index (χ1) is 18.5. The van der Waals surface area contributed by atoms with Crippen molar-refractivity contribution in [2.24, 2.45) is 5.41 Å². The molecule has 2 fully saturated rings. The van der Waals surface area contributed by atoms with Crippen LogP contribution in [0.3, 0.4) is 0 Å². The van der Waals surface area contributed by atoms with Crippen molar-refractivity contribution in [3.8, 4) is 0 Å². The molecule has 1 aromatic carbocycles. The van der Waals surface area contributed by atoms with E-state index in [1.807, 2.05) is 37.7 Å². The van der Waals surface area contributed by atoms with E-state index in [-0.39, 0.29) is 24.9 Å². The van der Waals surface area contributed by atoms with Gasteiger partial charge in [-0.15, -0.1) is 5.10 Å². The van der Waals surface area contributed by atoms with E-state index in [1.165, 1.54) is 5.56 Å². The number of hydrogen-bond donors (Lipinski definition) is 3. The van der Waals surface area contributed by atoms with Crippen molar-refractivity contribution in [2.45, 2.75) is 96.8 Å². The van der Waals surface area contributed by atoms with Crippen LogP contribution in [-0.4, -0.2) is 70.5 Å². The lowest BCUT2D eigenvalue weighted by atomic mass is 9.85. The van der Waals surface area contributed by atoms with Gasteiger partial charge in [0, 0.05) is 37.6 Å². The molecule has 3 aromatic rings. The van der Waals surface area contributed by atoms with E-state index >= 15 is 0 Å². The SMILES string of the molecule is Cc1ccc(C(Cn2ccnc2)NC(O)C2CC(O)CN2C(=O)C(n2cc(C3CC3)nn2)C(C)(C)C)c(C)c1. The predicted octanol–water partition coefficient (Wildman–Crippen LogP) is 2.87. The van der Waals surface area contributed by atoms with Crippen LogP contribution in [0.1, 0.15) is 80.4 Å². The molecule has 1 saturated heterocycles. The van der Waals surface area contributed by atoms with Crippen molar-refractivity contribution in [1.29, 1.82) is 0 Å². The Balaban J connectivity index is 1.40. The summed E-state index contributed by atoms with van der Waals surface area (Å²) < 4.78 is 3.64. The smallest absolute Gasteiger partial charge is 0.248 e. The standard InChI is InChI=1S/C29H41N7O3/c1-18-6-9-22(19(2)12-18)24(15-34-11-10-30-17-34)31-27(38)25-13-21(37)14-35(25)28(39)26(29(3,4)5)36-16-23(32-33-36)20-7-8-20/h6,9-12,16-17,20-21,24-27,31,37-38H,7-8,13-15H2,1-5H3. The monoisotopic (exact) mass is 535 g/mol. The first kappa shape index (κ1) is 27.5. The Bertz CT molecular complexity index is 1280. The molecule has 0 spiro atoms. The highest BCUT2D eigenvalue weighted by Gasteiger charge is 2.45. The molecule has 5 atom stereocenters. The minimum atomic E-state index is -1.06. The fourth-order valence-electron chi connectivity index (χ4n) is 5.80. The Morgan fingerprint density at radius 3 is 2.64 bits per heavy atom. The van der Waals surface area contributed by atoms with E-state index in [1.54, 1.807) is 22.1 Å². The van der Waals surface area contributed by atoms with Crippen LogP contribution in [-0.2, 0) is 11.3 Å². The van der Waals surface area contributed by atoms with E-state index in [0.717, 1.165) is 29.7 Å². The minimum Gasteiger partial charge on any atom is -0.391 e. The van der Waals surface area contributed by atoms with Crippen molar-refractivity contribution in [1.82, 2.24) is 34.8 Å². The van der Waals surface area contributed by atoms with Gasteiger partial charge in [-0.05, 0) is 49.7 Å². The third-order valence-corrected chi connectivity index (χ3v) is 7.94. The molecule has 1 amide bonds. The molecule has 2 aliphatic rings. The molecule has 3 N–H and O–H groups in total. The molecule has 2 aromatic heterocycles. The number of hydrogen-bond acceptors (Lipinski definition) is 7. The van der Waals surface area contributed by atoms with Crippen LogP contribution in [0.4, 0.5) is 0 Å². The second-order valence-electron chi connectivity index (χ2n) is 12.4. The number of aliphatic hydroxyl groups is 2. The molecular formula is C29H41N7O3. The van der Waals surface area contributed by atoms with Gasteiger partial charge in [0.1, 0.15) is 12.3 Å². The van der Waals surface area contributed by atoms with Gasteiger partial charge in [0.25, 0.3) is 0 Å². The summed E-state index contributed by atoms with van der Waals surface area (Å²) in [6.07, 6.45) is 7.98. The van der Waals surface area contributed by atoms with Gasteiger partial charge < -0.3 is 19.7 Å². The number of β-amino-alcohol motifs (C(OH)–C–C–N with tert-alkyl or cyclic N) is 1. The van der Waals surface area contributed by atoms with Crippen molar-refractivity contribution < 1.29 is 15.0 Å². The number of nitrogens with zero attached hydrogens (tertiary/aromatic N) is 6. The van der Waals surface area contributed by atoms with Crippen LogP contribution in [0.25, 0.3) is 0 Å². The average molecular weight is 536 g/mol. The van der Waals surface area contributed by atoms with Crippen LogP contribution < -0.4 is 5.32 Å². The van der Waals surface area contributed by atoms with Crippen LogP contribution in [0.5, 0.6) is 0 Å². The van der Waals surface area contributed by atoms with Crippen molar-refractivity contribution >= 4 is 5.91 Å². The topological polar surface area (TPSA) is 121 Å². The zero-order valence-corrected chi connectivity index (χ0v) is 23.5. The summed E-state index contributed by atoms with van der Waals surface area (Å²) in [6, 6.07) is 4.82. The lowest BCUT2D eigenvalue weighted by Crippen LogP contribution is -2.53. The normalized spacial score (nSPS) is 22.2. The molecule has 39 heavy (non-hydrogen) atoms. The molecule has 0 radical (unpaired) electrons. The maximum atomic E-state index is 14.1. The number of imidazole rings is 1. The number of aliphatic hydroxyl groups excluding tert-OH is 2. The van der Waals surface area contributed by atoms with Gasteiger partial charge in [-0.3, -0.25) is 10.1 Å². The van der Waals surface area contributed by atoms with E-state index < -0.39 is 29.8 Å². The first-order valence-electron chi connectivity index (χ1n) is 13.9. The summed E-state index contributed by atoms with van der Waals surface area (Å²) in [6.45, 7) is 10.9. The molecule has 1 aliphatic carbocycles. The number of amides is 1. The molecular weight excluding hydrogens is 494 g/mol. The predicted molar refractivity (Wildman–Crippen MR) is 147 cm³/mol. The number of rotatable bonds is 9. The van der Waals surface area contributed by atoms with Gasteiger partial charge in [0.05, 0.1) is 30.2 Å². The number of carbonyl (C=O) groups is 1. The third kappa shape index (κ3) is 6.08. The summed E-state index contributed by atoms with van der Waals surface area (Å²) >= 11 is 0. The molecule has 0 bridgehead atoms. The Morgan fingerprint density at radius 2 is 2.00 bits per heavy atom. The molecule has 5 rings (SSSR count). The van der Waals surface area contributed by atoms with E-state index in [2.05, 4.69) is 52.7 Å². The summed E-state index contributed by atoms with van der Waals surface area (Å²) in [5.41, 5.74) is 3.82. The largest absolute Gasteiger partial charge is 0.391 e. The summed E-state index contributed by atoms with van der Waals surface area (Å²) in [4.78, 5) is 19.9. The van der Waals surface area contributed by atoms with Gasteiger partial charge in [0.15, 0.2) is 0 Å². The number of aromatic nitrogens is 5.